The van der Waals surface area contributed by atoms with Crippen molar-refractivity contribution in [1.29, 1.82) is 0 Å². The van der Waals surface area contributed by atoms with Gasteiger partial charge in [0.15, 0.2) is 6.10 Å². The van der Waals surface area contributed by atoms with Crippen LogP contribution in [0.25, 0.3) is 0 Å². The highest BCUT2D eigenvalue weighted by Crippen LogP contribution is 2.19. The molecule has 0 bridgehead atoms. The Bertz CT molecular complexity index is 908. The van der Waals surface area contributed by atoms with Gasteiger partial charge in [0.05, 0.1) is 6.61 Å². The van der Waals surface area contributed by atoms with Gasteiger partial charge in [0.1, 0.15) is 12.7 Å². The van der Waals surface area contributed by atoms with Crippen molar-refractivity contribution in [3.8, 4) is 0 Å². The number of carbonyl (C=O) groups excluding carboxylic acids is 3. The van der Waals surface area contributed by atoms with Gasteiger partial charge in [-0.15, -0.1) is 0 Å². The van der Waals surface area contributed by atoms with Crippen molar-refractivity contribution in [2.75, 3.05) is 13.2 Å². The molecule has 1 unspecified atom stereocenters. The predicted molar refractivity (Wildman–Crippen MR) is 253 cm³/mol. The summed E-state index contributed by atoms with van der Waals surface area (Å²) in [4.78, 5) is 37.2. The van der Waals surface area contributed by atoms with Crippen LogP contribution in [0.1, 0.15) is 297 Å². The first-order chi connectivity index (χ1) is 29.5. The summed E-state index contributed by atoms with van der Waals surface area (Å²) in [6.07, 6.45) is 49.4. The molecule has 0 aromatic heterocycles. The number of rotatable bonds is 49. The second kappa shape index (κ2) is 48.4. The highest BCUT2D eigenvalue weighted by Gasteiger charge is 2.17. The van der Waals surface area contributed by atoms with Crippen LogP contribution in [0.2, 0.25) is 0 Å². The Morgan fingerprint density at radius 3 is 0.900 bits per heavy atom. The highest BCUT2D eigenvalue weighted by molar-refractivity contribution is 5.70. The summed E-state index contributed by atoms with van der Waals surface area (Å²) in [6.45, 7) is 6.34. The highest BCUT2D eigenvalue weighted by atomic mass is 16.6. The lowest BCUT2D eigenvalue weighted by Crippen LogP contribution is -2.28. The summed E-state index contributed by atoms with van der Waals surface area (Å²) < 4.78 is 16.7. The Labute approximate surface area is 372 Å². The van der Waals surface area contributed by atoms with Gasteiger partial charge in [-0.2, -0.15) is 0 Å². The van der Waals surface area contributed by atoms with E-state index in [1.807, 2.05) is 0 Å². The van der Waals surface area contributed by atoms with Crippen molar-refractivity contribution >= 4 is 17.9 Å². The van der Waals surface area contributed by atoms with E-state index >= 15 is 0 Å². The van der Waals surface area contributed by atoms with Crippen LogP contribution in [0.5, 0.6) is 0 Å². The SMILES string of the molecule is CCCCCCCCCCCCCCCC(=O)OC[C@H](CO)OC(=O)CCCCCCCCCCC(CCCCCC)OC(=O)CCCCCCCCCCCCCCC. The second-order valence-electron chi connectivity index (χ2n) is 18.3. The molecule has 0 aliphatic carbocycles. The first-order valence-electron chi connectivity index (χ1n) is 26.6. The molecule has 0 aromatic rings. The first-order valence-corrected chi connectivity index (χ1v) is 26.6. The Morgan fingerprint density at radius 2 is 0.583 bits per heavy atom. The van der Waals surface area contributed by atoms with E-state index < -0.39 is 6.10 Å². The molecule has 0 fully saturated rings. The van der Waals surface area contributed by atoms with Crippen LogP contribution in [0.3, 0.4) is 0 Å². The molecule has 356 valence electrons. The van der Waals surface area contributed by atoms with Gasteiger partial charge in [0.2, 0.25) is 0 Å². The van der Waals surface area contributed by atoms with Crippen molar-refractivity contribution in [1.82, 2.24) is 0 Å². The topological polar surface area (TPSA) is 99.1 Å². The molecular formula is C53H102O7. The molecule has 0 radical (unpaired) electrons. The maximum absolute atomic E-state index is 12.7. The maximum atomic E-state index is 12.7. The van der Waals surface area contributed by atoms with Gasteiger partial charge in [0.25, 0.3) is 0 Å². The van der Waals surface area contributed by atoms with Crippen LogP contribution in [0, 0.1) is 0 Å². The van der Waals surface area contributed by atoms with E-state index in [1.54, 1.807) is 0 Å². The minimum Gasteiger partial charge on any atom is -0.462 e. The van der Waals surface area contributed by atoms with Gasteiger partial charge in [-0.3, -0.25) is 14.4 Å². The monoisotopic (exact) mass is 851 g/mol. The van der Waals surface area contributed by atoms with Crippen molar-refractivity contribution in [3.05, 3.63) is 0 Å². The van der Waals surface area contributed by atoms with E-state index in [4.69, 9.17) is 14.2 Å². The zero-order chi connectivity index (χ0) is 43.8. The largest absolute Gasteiger partial charge is 0.462 e. The van der Waals surface area contributed by atoms with Crippen molar-refractivity contribution in [3.63, 3.8) is 0 Å². The summed E-state index contributed by atoms with van der Waals surface area (Å²) in [5, 5.41) is 9.65. The average Bonchev–Trinajstić information content (AvgIpc) is 3.24. The quantitative estimate of drug-likeness (QED) is 0.0370. The van der Waals surface area contributed by atoms with Crippen LogP contribution in [-0.2, 0) is 28.6 Å². The van der Waals surface area contributed by atoms with Crippen LogP contribution >= 0.6 is 0 Å². The molecule has 2 atom stereocenters. The number of carbonyl (C=O) groups is 3. The molecule has 0 rings (SSSR count). The van der Waals surface area contributed by atoms with E-state index in [2.05, 4.69) is 20.8 Å². The molecule has 7 heteroatoms. The number of hydrogen-bond donors (Lipinski definition) is 1. The fourth-order valence-electron chi connectivity index (χ4n) is 8.21. The van der Waals surface area contributed by atoms with Crippen molar-refractivity contribution in [2.24, 2.45) is 0 Å². The summed E-state index contributed by atoms with van der Waals surface area (Å²) in [5.74, 6) is -0.613. The minimum absolute atomic E-state index is 0.00756. The van der Waals surface area contributed by atoms with Gasteiger partial charge in [0, 0.05) is 19.3 Å². The zero-order valence-electron chi connectivity index (χ0n) is 40.4. The summed E-state index contributed by atoms with van der Waals surface area (Å²) >= 11 is 0. The van der Waals surface area contributed by atoms with E-state index in [-0.39, 0.29) is 37.2 Å². The number of hydrogen-bond acceptors (Lipinski definition) is 7. The lowest BCUT2D eigenvalue weighted by atomic mass is 10.0. The molecule has 1 N–H and O–H groups in total. The van der Waals surface area contributed by atoms with Crippen molar-refractivity contribution in [2.45, 2.75) is 309 Å². The number of esters is 3. The molecule has 60 heavy (non-hydrogen) atoms. The van der Waals surface area contributed by atoms with E-state index in [0.29, 0.717) is 19.3 Å². The molecule has 0 heterocycles. The molecule has 7 nitrogen and oxygen atoms in total. The molecule has 0 amide bonds. The first kappa shape index (κ1) is 58.4. The van der Waals surface area contributed by atoms with Gasteiger partial charge >= 0.3 is 17.9 Å². The molecular weight excluding hydrogens is 749 g/mol. The molecule has 0 aliphatic rings. The van der Waals surface area contributed by atoms with Crippen LogP contribution in [-0.4, -0.2) is 48.4 Å². The van der Waals surface area contributed by atoms with Crippen LogP contribution in [0.15, 0.2) is 0 Å². The maximum Gasteiger partial charge on any atom is 0.306 e. The van der Waals surface area contributed by atoms with Gasteiger partial charge < -0.3 is 19.3 Å². The standard InChI is InChI=1S/C53H102O7/c1-4-7-10-13-15-17-19-21-23-25-30-34-39-44-51(55)58-48-50(47-54)60-53(57)46-41-36-32-28-27-29-33-38-43-49(42-37-12-9-6-3)59-52(56)45-40-35-31-26-24-22-20-18-16-14-11-8-5-2/h49-50,54H,4-48H2,1-3H3/t49?,50-/m0/s1. The number of aliphatic hydroxyl groups excluding tert-OH is 1. The number of aliphatic hydroxyl groups is 1. The summed E-state index contributed by atoms with van der Waals surface area (Å²) in [7, 11) is 0. The Balaban J connectivity index is 3.89. The predicted octanol–water partition coefficient (Wildman–Crippen LogP) is 16.2. The number of ether oxygens (including phenoxy) is 3. The van der Waals surface area contributed by atoms with Crippen LogP contribution in [0.4, 0.5) is 0 Å². The summed E-state index contributed by atoms with van der Waals surface area (Å²) in [6, 6.07) is 0. The second-order valence-corrected chi connectivity index (χ2v) is 18.3. The Hall–Kier alpha value is -1.63. The third-order valence-corrected chi connectivity index (χ3v) is 12.2. The van der Waals surface area contributed by atoms with Crippen molar-refractivity contribution < 1.29 is 33.7 Å². The fourth-order valence-corrected chi connectivity index (χ4v) is 8.21. The zero-order valence-corrected chi connectivity index (χ0v) is 40.4. The third kappa shape index (κ3) is 44.4. The molecule has 0 spiro atoms. The average molecular weight is 851 g/mol. The molecule has 0 saturated carbocycles. The lowest BCUT2D eigenvalue weighted by Gasteiger charge is -2.18. The molecule has 0 aromatic carbocycles. The Morgan fingerprint density at radius 1 is 0.333 bits per heavy atom. The fraction of sp³-hybridized carbons (Fsp3) is 0.943. The Kier molecular flexibility index (Phi) is 47.1. The smallest absolute Gasteiger partial charge is 0.306 e. The normalized spacial score (nSPS) is 12.4. The van der Waals surface area contributed by atoms with Gasteiger partial charge in [-0.05, 0) is 44.9 Å². The van der Waals surface area contributed by atoms with E-state index in [0.717, 1.165) is 83.5 Å². The van der Waals surface area contributed by atoms with Gasteiger partial charge in [-0.1, -0.05) is 233 Å². The number of unbranched alkanes of at least 4 members (excludes halogenated alkanes) is 34. The minimum atomic E-state index is -0.795. The van der Waals surface area contributed by atoms with E-state index in [1.165, 1.54) is 173 Å². The molecule has 0 saturated heterocycles. The third-order valence-electron chi connectivity index (χ3n) is 12.2. The molecule has 0 aliphatic heterocycles. The lowest BCUT2D eigenvalue weighted by molar-refractivity contribution is -0.161. The van der Waals surface area contributed by atoms with Crippen LogP contribution < -0.4 is 0 Å². The van der Waals surface area contributed by atoms with E-state index in [9.17, 15) is 19.5 Å². The van der Waals surface area contributed by atoms with Gasteiger partial charge in [-0.25, -0.2) is 0 Å². The summed E-state index contributed by atoms with van der Waals surface area (Å²) in [5.41, 5.74) is 0.